The first-order chi connectivity index (χ1) is 13.6. The third kappa shape index (κ3) is 5.17. The number of carbonyl (C=O) groups is 2. The minimum Gasteiger partial charge on any atom is -0.345 e. The van der Waals surface area contributed by atoms with Gasteiger partial charge in [-0.15, -0.1) is 21.5 Å². The second kappa shape index (κ2) is 9.47. The van der Waals surface area contributed by atoms with E-state index in [1.54, 1.807) is 12.1 Å². The lowest BCUT2D eigenvalue weighted by molar-refractivity contribution is -0.113. The molecule has 3 aromatic rings. The van der Waals surface area contributed by atoms with Crippen LogP contribution < -0.4 is 10.6 Å². The topological polar surface area (TPSA) is 102 Å². The van der Waals surface area contributed by atoms with E-state index in [1.165, 1.54) is 23.1 Å². The molecule has 146 valence electrons. The minimum atomic E-state index is -0.168. The van der Waals surface area contributed by atoms with Crippen LogP contribution in [0.5, 0.6) is 0 Å². The van der Waals surface area contributed by atoms with E-state index >= 15 is 0 Å². The van der Waals surface area contributed by atoms with Crippen LogP contribution >= 0.6 is 23.1 Å². The van der Waals surface area contributed by atoms with Crippen LogP contribution in [0.4, 0.5) is 5.13 Å². The Morgan fingerprint density at radius 3 is 2.68 bits per heavy atom. The van der Waals surface area contributed by atoms with Crippen molar-refractivity contribution in [2.75, 3.05) is 11.1 Å². The Bertz CT molecular complexity index is 954. The fourth-order valence-electron chi connectivity index (χ4n) is 2.42. The second-order valence-electron chi connectivity index (χ2n) is 5.82. The largest absolute Gasteiger partial charge is 0.345 e. The van der Waals surface area contributed by atoms with Gasteiger partial charge in [-0.2, -0.15) is 0 Å². The molecule has 8 nitrogen and oxygen atoms in total. The highest BCUT2D eigenvalue weighted by atomic mass is 32.2. The van der Waals surface area contributed by atoms with Crippen LogP contribution in [-0.2, 0) is 17.9 Å². The van der Waals surface area contributed by atoms with Crippen molar-refractivity contribution in [2.24, 2.45) is 0 Å². The molecule has 0 fully saturated rings. The summed E-state index contributed by atoms with van der Waals surface area (Å²) in [4.78, 5) is 28.5. The number of rotatable bonds is 8. The van der Waals surface area contributed by atoms with E-state index in [4.69, 9.17) is 0 Å². The van der Waals surface area contributed by atoms with Gasteiger partial charge in [0, 0.05) is 17.5 Å². The van der Waals surface area contributed by atoms with Gasteiger partial charge >= 0.3 is 0 Å². The van der Waals surface area contributed by atoms with Gasteiger partial charge in [-0.1, -0.05) is 30.0 Å². The molecule has 0 saturated heterocycles. The molecule has 0 radical (unpaired) electrons. The normalized spacial score (nSPS) is 10.6. The number of aromatic nitrogens is 4. The van der Waals surface area contributed by atoms with E-state index in [9.17, 15) is 9.59 Å². The van der Waals surface area contributed by atoms with Crippen molar-refractivity contribution in [1.29, 1.82) is 0 Å². The zero-order chi connectivity index (χ0) is 19.9. The summed E-state index contributed by atoms with van der Waals surface area (Å²) >= 11 is 2.69. The smallest absolute Gasteiger partial charge is 0.251 e. The minimum absolute atomic E-state index is 0.149. The van der Waals surface area contributed by atoms with Crippen molar-refractivity contribution in [3.05, 3.63) is 52.8 Å². The molecule has 3 rings (SSSR count). The van der Waals surface area contributed by atoms with Crippen LogP contribution in [0.2, 0.25) is 0 Å². The number of hydrogen-bond acceptors (Lipinski definition) is 7. The highest BCUT2D eigenvalue weighted by Crippen LogP contribution is 2.19. The molecule has 2 amide bonds. The standard InChI is InChI=1S/C18H20N6O2S2/c1-3-24-14(9-19-16(26)13-7-5-4-6-8-13)22-23-18(24)28-11-15(25)21-17-20-12(2)10-27-17/h4-8,10H,3,9,11H2,1-2H3,(H,19,26)(H,20,21,25). The van der Waals surface area contributed by atoms with Crippen LogP contribution in [0.15, 0.2) is 40.9 Å². The zero-order valence-electron chi connectivity index (χ0n) is 15.5. The van der Waals surface area contributed by atoms with Gasteiger partial charge in [-0.25, -0.2) is 4.98 Å². The van der Waals surface area contributed by atoms with Crippen molar-refractivity contribution in [3.63, 3.8) is 0 Å². The van der Waals surface area contributed by atoms with Crippen molar-refractivity contribution in [2.45, 2.75) is 32.1 Å². The molecule has 0 aliphatic carbocycles. The third-order valence-corrected chi connectivity index (χ3v) is 5.59. The van der Waals surface area contributed by atoms with Gasteiger partial charge in [0.1, 0.15) is 0 Å². The summed E-state index contributed by atoms with van der Waals surface area (Å²) in [7, 11) is 0. The molecular formula is C18H20N6O2S2. The molecule has 0 saturated carbocycles. The first-order valence-electron chi connectivity index (χ1n) is 8.67. The molecule has 0 aliphatic rings. The Morgan fingerprint density at radius 1 is 1.21 bits per heavy atom. The molecule has 2 N–H and O–H groups in total. The number of benzene rings is 1. The fraction of sp³-hybridized carbons (Fsp3) is 0.278. The molecule has 0 atom stereocenters. The summed E-state index contributed by atoms with van der Waals surface area (Å²) in [6, 6.07) is 9.00. The lowest BCUT2D eigenvalue weighted by Gasteiger charge is -2.08. The van der Waals surface area contributed by atoms with Gasteiger partial charge in [0.15, 0.2) is 16.1 Å². The number of amides is 2. The Morgan fingerprint density at radius 2 is 2.00 bits per heavy atom. The van der Waals surface area contributed by atoms with E-state index in [-0.39, 0.29) is 24.1 Å². The number of thiazole rings is 1. The third-order valence-electron chi connectivity index (χ3n) is 3.75. The zero-order valence-corrected chi connectivity index (χ0v) is 17.1. The molecular weight excluding hydrogens is 396 g/mol. The van der Waals surface area contributed by atoms with Crippen molar-refractivity contribution >= 4 is 40.0 Å². The maximum atomic E-state index is 12.2. The molecule has 10 heteroatoms. The van der Waals surface area contributed by atoms with Crippen molar-refractivity contribution < 1.29 is 9.59 Å². The Balaban J connectivity index is 1.55. The predicted octanol–water partition coefficient (Wildman–Crippen LogP) is 2.72. The van der Waals surface area contributed by atoms with Crippen LogP contribution in [0, 0.1) is 6.92 Å². The van der Waals surface area contributed by atoms with Crippen LogP contribution in [0.25, 0.3) is 0 Å². The molecule has 0 bridgehead atoms. The Hall–Kier alpha value is -2.72. The first kappa shape index (κ1) is 20.0. The highest BCUT2D eigenvalue weighted by molar-refractivity contribution is 7.99. The predicted molar refractivity (Wildman–Crippen MR) is 110 cm³/mol. The van der Waals surface area contributed by atoms with Crippen molar-refractivity contribution in [1.82, 2.24) is 25.1 Å². The average molecular weight is 417 g/mol. The highest BCUT2D eigenvalue weighted by Gasteiger charge is 2.15. The van der Waals surface area contributed by atoms with Crippen molar-refractivity contribution in [3.8, 4) is 0 Å². The summed E-state index contributed by atoms with van der Waals surface area (Å²) in [6.07, 6.45) is 0. The van der Waals surface area contributed by atoms with Gasteiger partial charge < -0.3 is 15.2 Å². The average Bonchev–Trinajstić information content (AvgIpc) is 3.30. The number of thioether (sulfide) groups is 1. The van der Waals surface area contributed by atoms with E-state index in [1.807, 2.05) is 42.0 Å². The molecule has 0 unspecified atom stereocenters. The van der Waals surface area contributed by atoms with Crippen LogP contribution in [0.1, 0.15) is 28.8 Å². The summed E-state index contributed by atoms with van der Waals surface area (Å²) in [6.45, 7) is 4.75. The monoisotopic (exact) mass is 416 g/mol. The van der Waals surface area contributed by atoms with Crippen LogP contribution in [0.3, 0.4) is 0 Å². The lowest BCUT2D eigenvalue weighted by Crippen LogP contribution is -2.24. The summed E-state index contributed by atoms with van der Waals surface area (Å²) in [5, 5.41) is 17.0. The Kier molecular flexibility index (Phi) is 6.77. The van der Waals surface area contributed by atoms with E-state index < -0.39 is 0 Å². The number of anilines is 1. The molecule has 1 aromatic carbocycles. The number of nitrogens with one attached hydrogen (secondary N) is 2. The van der Waals surface area contributed by atoms with E-state index in [2.05, 4.69) is 25.8 Å². The second-order valence-corrected chi connectivity index (χ2v) is 7.62. The SMILES string of the molecule is CCn1c(CNC(=O)c2ccccc2)nnc1SCC(=O)Nc1nc(C)cs1. The van der Waals surface area contributed by atoms with Gasteiger partial charge in [-0.3, -0.25) is 9.59 Å². The van der Waals surface area contributed by atoms with Gasteiger partial charge in [-0.05, 0) is 26.0 Å². The molecule has 2 aromatic heterocycles. The summed E-state index contributed by atoms with van der Waals surface area (Å²) in [5.41, 5.74) is 1.47. The fourth-order valence-corrected chi connectivity index (χ4v) is 3.95. The van der Waals surface area contributed by atoms with Gasteiger partial charge in [0.25, 0.3) is 5.91 Å². The maximum Gasteiger partial charge on any atom is 0.251 e. The number of nitrogens with zero attached hydrogens (tertiary/aromatic N) is 4. The molecule has 2 heterocycles. The summed E-state index contributed by atoms with van der Waals surface area (Å²) < 4.78 is 1.89. The van der Waals surface area contributed by atoms with Crippen LogP contribution in [-0.4, -0.2) is 37.3 Å². The number of hydrogen-bond donors (Lipinski definition) is 2. The maximum absolute atomic E-state index is 12.2. The van der Waals surface area contributed by atoms with Gasteiger partial charge in [0.05, 0.1) is 18.0 Å². The van der Waals surface area contributed by atoms with E-state index in [0.717, 1.165) is 5.69 Å². The molecule has 28 heavy (non-hydrogen) atoms. The van der Waals surface area contributed by atoms with E-state index in [0.29, 0.717) is 28.2 Å². The summed E-state index contributed by atoms with van der Waals surface area (Å²) in [5.74, 6) is 0.528. The number of aryl methyl sites for hydroxylation is 1. The Labute approximate surface area is 170 Å². The lowest BCUT2D eigenvalue weighted by atomic mass is 10.2. The quantitative estimate of drug-likeness (QED) is 0.548. The molecule has 0 spiro atoms. The first-order valence-corrected chi connectivity index (χ1v) is 10.5. The van der Waals surface area contributed by atoms with Gasteiger partial charge in [0.2, 0.25) is 5.91 Å². The number of carbonyl (C=O) groups excluding carboxylic acids is 2. The molecule has 0 aliphatic heterocycles.